The molecule has 0 unspecified atom stereocenters. The molecular weight excluding hydrogens is 510 g/mol. The van der Waals surface area contributed by atoms with E-state index in [1.807, 2.05) is 49.4 Å². The summed E-state index contributed by atoms with van der Waals surface area (Å²) in [4.78, 5) is 29.5. The maximum absolute atomic E-state index is 13.9. The number of carbonyl (C=O) groups excluding carboxylic acids is 1. The predicted molar refractivity (Wildman–Crippen MR) is 150 cm³/mol. The van der Waals surface area contributed by atoms with Crippen LogP contribution < -0.4 is 24.4 Å². The van der Waals surface area contributed by atoms with Crippen LogP contribution in [0.25, 0.3) is 11.0 Å². The van der Waals surface area contributed by atoms with E-state index in [4.69, 9.17) is 23.4 Å². The van der Waals surface area contributed by atoms with Gasteiger partial charge in [0.1, 0.15) is 5.58 Å². The molecule has 0 N–H and O–H groups in total. The Kier molecular flexibility index (Phi) is 6.84. The predicted octanol–water partition coefficient (Wildman–Crippen LogP) is 6.15. The molecule has 1 atom stereocenters. The van der Waals surface area contributed by atoms with Crippen LogP contribution in [-0.4, -0.2) is 31.3 Å². The number of benzene rings is 3. The molecule has 3 heterocycles. The molecule has 6 rings (SSSR count). The van der Waals surface area contributed by atoms with E-state index in [-0.39, 0.29) is 30.4 Å². The highest BCUT2D eigenvalue weighted by atomic mass is 16.7. The Labute approximate surface area is 232 Å². The molecule has 1 amide bonds. The molecule has 0 fully saturated rings. The zero-order valence-electron chi connectivity index (χ0n) is 22.8. The number of aryl methyl sites for hydroxylation is 1. The van der Waals surface area contributed by atoms with E-state index in [0.29, 0.717) is 46.1 Å². The lowest BCUT2D eigenvalue weighted by molar-refractivity contribution is 0.0714. The van der Waals surface area contributed by atoms with Gasteiger partial charge < -0.3 is 28.3 Å². The number of ether oxygens (including phenoxy) is 4. The van der Waals surface area contributed by atoms with Crippen LogP contribution >= 0.6 is 0 Å². The zero-order valence-corrected chi connectivity index (χ0v) is 22.8. The molecule has 8 heteroatoms. The minimum atomic E-state index is -0.683. The Morgan fingerprint density at radius 3 is 2.62 bits per heavy atom. The minimum Gasteiger partial charge on any atom is -0.493 e. The Balaban J connectivity index is 1.45. The zero-order chi connectivity index (χ0) is 27.8. The highest BCUT2D eigenvalue weighted by molar-refractivity contribution is 5.99. The molecular formula is C32H31NO7. The van der Waals surface area contributed by atoms with Gasteiger partial charge in [-0.3, -0.25) is 9.59 Å². The van der Waals surface area contributed by atoms with E-state index in [1.54, 1.807) is 24.1 Å². The van der Waals surface area contributed by atoms with E-state index < -0.39 is 6.04 Å². The number of rotatable bonds is 9. The van der Waals surface area contributed by atoms with Crippen molar-refractivity contribution in [3.8, 4) is 23.0 Å². The summed E-state index contributed by atoms with van der Waals surface area (Å²) < 4.78 is 28.8. The molecule has 206 valence electrons. The van der Waals surface area contributed by atoms with Gasteiger partial charge in [0, 0.05) is 6.54 Å². The number of carbonyl (C=O) groups is 1. The van der Waals surface area contributed by atoms with Gasteiger partial charge in [0.05, 0.1) is 30.7 Å². The number of amides is 1. The van der Waals surface area contributed by atoms with Crippen LogP contribution in [0.3, 0.4) is 0 Å². The van der Waals surface area contributed by atoms with Crippen molar-refractivity contribution in [2.75, 3.05) is 20.5 Å². The van der Waals surface area contributed by atoms with Gasteiger partial charge in [0.25, 0.3) is 5.91 Å². The van der Waals surface area contributed by atoms with Crippen LogP contribution in [0.15, 0.2) is 63.8 Å². The molecule has 0 spiro atoms. The molecule has 0 aliphatic carbocycles. The summed E-state index contributed by atoms with van der Waals surface area (Å²) in [6.45, 7) is 5.04. The van der Waals surface area contributed by atoms with Crippen molar-refractivity contribution in [3.05, 3.63) is 92.8 Å². The second kappa shape index (κ2) is 10.6. The normalized spacial score (nSPS) is 15.5. The standard InChI is InChI=1S/C32H31NO7/c1-4-5-6-13-37-24-12-9-21(16-26(24)36-3)29-28-30(34)22-14-19(2)7-10-23(22)40-31(28)32(35)33(29)17-20-8-11-25-27(15-20)39-18-38-25/h7-12,14-16,29H,4-6,13,17-18H2,1-3H3/t29-/m0/s1. The van der Waals surface area contributed by atoms with Crippen molar-refractivity contribution in [2.45, 2.75) is 45.7 Å². The molecule has 0 bridgehead atoms. The van der Waals surface area contributed by atoms with E-state index in [1.165, 1.54) is 0 Å². The van der Waals surface area contributed by atoms with E-state index in [2.05, 4.69) is 6.92 Å². The third-order valence-corrected chi connectivity index (χ3v) is 7.42. The summed E-state index contributed by atoms with van der Waals surface area (Å²) in [5.41, 5.74) is 2.99. The number of hydrogen-bond acceptors (Lipinski definition) is 7. The van der Waals surface area contributed by atoms with Gasteiger partial charge in [-0.05, 0) is 60.9 Å². The molecule has 2 aliphatic rings. The first-order valence-electron chi connectivity index (χ1n) is 13.6. The van der Waals surface area contributed by atoms with Crippen molar-refractivity contribution in [3.63, 3.8) is 0 Å². The maximum atomic E-state index is 13.9. The Morgan fingerprint density at radius 1 is 0.950 bits per heavy atom. The van der Waals surface area contributed by atoms with Crippen molar-refractivity contribution >= 4 is 16.9 Å². The molecule has 3 aromatic carbocycles. The van der Waals surface area contributed by atoms with Gasteiger partial charge in [-0.2, -0.15) is 0 Å². The molecule has 40 heavy (non-hydrogen) atoms. The second-order valence-electron chi connectivity index (χ2n) is 10.2. The fraction of sp³-hybridized carbons (Fsp3) is 0.312. The third kappa shape index (κ3) is 4.53. The van der Waals surface area contributed by atoms with Gasteiger partial charge in [-0.25, -0.2) is 0 Å². The van der Waals surface area contributed by atoms with Crippen LogP contribution in [0.2, 0.25) is 0 Å². The van der Waals surface area contributed by atoms with Crippen LogP contribution in [-0.2, 0) is 6.54 Å². The lowest BCUT2D eigenvalue weighted by atomic mass is 9.97. The van der Waals surface area contributed by atoms with Gasteiger partial charge in [-0.1, -0.05) is 43.5 Å². The van der Waals surface area contributed by atoms with Crippen LogP contribution in [0.5, 0.6) is 23.0 Å². The van der Waals surface area contributed by atoms with Crippen molar-refractivity contribution in [2.24, 2.45) is 0 Å². The number of nitrogens with zero attached hydrogens (tertiary/aromatic N) is 1. The fourth-order valence-corrected chi connectivity index (χ4v) is 5.39. The van der Waals surface area contributed by atoms with Crippen molar-refractivity contribution in [1.29, 1.82) is 0 Å². The summed E-state index contributed by atoms with van der Waals surface area (Å²) in [5.74, 6) is 2.16. The molecule has 2 aliphatic heterocycles. The number of unbranched alkanes of at least 4 members (excludes halogenated alkanes) is 2. The number of methoxy groups -OCH3 is 1. The largest absolute Gasteiger partial charge is 0.493 e. The quantitative estimate of drug-likeness (QED) is 0.235. The maximum Gasteiger partial charge on any atom is 0.291 e. The monoisotopic (exact) mass is 541 g/mol. The fourth-order valence-electron chi connectivity index (χ4n) is 5.39. The summed E-state index contributed by atoms with van der Waals surface area (Å²) >= 11 is 0. The topological polar surface area (TPSA) is 87.4 Å². The Bertz CT molecular complexity index is 1660. The molecule has 0 saturated carbocycles. The molecule has 8 nitrogen and oxygen atoms in total. The van der Waals surface area contributed by atoms with E-state index in [0.717, 1.165) is 36.0 Å². The summed E-state index contributed by atoms with van der Waals surface area (Å²) in [7, 11) is 1.58. The highest BCUT2D eigenvalue weighted by Gasteiger charge is 2.43. The lowest BCUT2D eigenvalue weighted by Crippen LogP contribution is -2.29. The first-order chi connectivity index (χ1) is 19.5. The summed E-state index contributed by atoms with van der Waals surface area (Å²) in [5, 5.41) is 0.448. The average Bonchev–Trinajstić information content (AvgIpc) is 3.54. The lowest BCUT2D eigenvalue weighted by Gasteiger charge is -2.26. The van der Waals surface area contributed by atoms with Gasteiger partial charge >= 0.3 is 0 Å². The van der Waals surface area contributed by atoms with Crippen molar-refractivity contribution in [1.82, 2.24) is 4.90 Å². The Hall–Kier alpha value is -4.46. The third-order valence-electron chi connectivity index (χ3n) is 7.42. The SMILES string of the molecule is CCCCCOc1ccc([C@H]2c3c(oc4ccc(C)cc4c3=O)C(=O)N2Cc2ccc3c(c2)OCO3)cc1OC. The summed E-state index contributed by atoms with van der Waals surface area (Å²) in [6.07, 6.45) is 3.13. The van der Waals surface area contributed by atoms with E-state index in [9.17, 15) is 9.59 Å². The van der Waals surface area contributed by atoms with Crippen molar-refractivity contribution < 1.29 is 28.2 Å². The van der Waals surface area contributed by atoms with Gasteiger partial charge in [0.2, 0.25) is 12.6 Å². The minimum absolute atomic E-state index is 0.0611. The average molecular weight is 542 g/mol. The van der Waals surface area contributed by atoms with Crippen LogP contribution in [0.4, 0.5) is 0 Å². The summed E-state index contributed by atoms with van der Waals surface area (Å²) in [6, 6.07) is 15.9. The molecule has 4 aromatic rings. The van der Waals surface area contributed by atoms with Gasteiger partial charge in [0.15, 0.2) is 28.4 Å². The van der Waals surface area contributed by atoms with E-state index >= 15 is 0 Å². The molecule has 0 radical (unpaired) electrons. The first-order valence-corrected chi connectivity index (χ1v) is 13.6. The van der Waals surface area contributed by atoms with Crippen LogP contribution in [0.1, 0.15) is 65.0 Å². The smallest absolute Gasteiger partial charge is 0.291 e. The van der Waals surface area contributed by atoms with Gasteiger partial charge in [-0.15, -0.1) is 0 Å². The highest BCUT2D eigenvalue weighted by Crippen LogP contribution is 2.42. The first kappa shape index (κ1) is 25.8. The second-order valence-corrected chi connectivity index (χ2v) is 10.2. The molecule has 0 saturated heterocycles. The Morgan fingerprint density at radius 2 is 1.80 bits per heavy atom. The number of hydrogen-bond donors (Lipinski definition) is 0. The molecule has 1 aromatic heterocycles. The van der Waals surface area contributed by atoms with Crippen LogP contribution in [0, 0.1) is 6.92 Å². The number of fused-ring (bicyclic) bond motifs is 3.